The van der Waals surface area contributed by atoms with Gasteiger partial charge < -0.3 is 20.7 Å². The zero-order chi connectivity index (χ0) is 20.3. The minimum atomic E-state index is -0.442. The third kappa shape index (κ3) is 3.70. The van der Waals surface area contributed by atoms with Gasteiger partial charge in [0.2, 0.25) is 0 Å². The second kappa shape index (κ2) is 8.14. The van der Waals surface area contributed by atoms with Crippen LogP contribution in [-0.2, 0) is 4.74 Å². The lowest BCUT2D eigenvalue weighted by molar-refractivity contribution is 0.0601. The molecule has 0 aliphatic heterocycles. The maximum atomic E-state index is 12.1. The number of anilines is 5. The van der Waals surface area contributed by atoms with E-state index in [0.717, 1.165) is 11.3 Å². The van der Waals surface area contributed by atoms with Crippen molar-refractivity contribution in [1.29, 1.82) is 0 Å². The summed E-state index contributed by atoms with van der Waals surface area (Å²) in [5.74, 6) is 0.453. The van der Waals surface area contributed by atoms with E-state index in [-0.39, 0.29) is 0 Å². The van der Waals surface area contributed by atoms with Crippen molar-refractivity contribution < 1.29 is 9.53 Å². The van der Waals surface area contributed by atoms with Crippen molar-refractivity contribution in [2.24, 2.45) is 0 Å². The average molecular weight is 398 g/mol. The molecule has 0 aliphatic carbocycles. The fraction of sp³-hybridized carbons (Fsp3) is 0.150. The minimum absolute atomic E-state index is 0.337. The van der Waals surface area contributed by atoms with Gasteiger partial charge >= 0.3 is 5.97 Å². The van der Waals surface area contributed by atoms with Crippen molar-refractivity contribution in [3.8, 4) is 0 Å². The summed E-state index contributed by atoms with van der Waals surface area (Å²) >= 11 is 6.19. The molecule has 0 spiro atoms. The highest BCUT2D eigenvalue weighted by molar-refractivity contribution is 6.31. The number of benzene rings is 2. The molecule has 0 radical (unpaired) electrons. The lowest BCUT2D eigenvalue weighted by Gasteiger charge is -2.23. The van der Waals surface area contributed by atoms with Crippen LogP contribution in [0.3, 0.4) is 0 Å². The van der Waals surface area contributed by atoms with Gasteiger partial charge in [-0.3, -0.25) is 0 Å². The molecule has 0 aliphatic rings. The lowest BCUT2D eigenvalue weighted by atomic mass is 10.1. The van der Waals surface area contributed by atoms with Crippen molar-refractivity contribution in [3.63, 3.8) is 0 Å². The van der Waals surface area contributed by atoms with Crippen molar-refractivity contribution in [2.45, 2.75) is 6.92 Å². The molecule has 0 saturated heterocycles. The first-order valence-electron chi connectivity index (χ1n) is 8.47. The van der Waals surface area contributed by atoms with E-state index < -0.39 is 5.97 Å². The first kappa shape index (κ1) is 19.4. The molecule has 0 saturated carbocycles. The number of rotatable bonds is 5. The Morgan fingerprint density at radius 3 is 2.68 bits per heavy atom. The SMILES string of the molecule is COC(=O)c1ccccc1N(C)c1ncnc(Nc2cccc(Cl)c2C)c1N. The van der Waals surface area contributed by atoms with E-state index in [1.807, 2.05) is 31.2 Å². The third-order valence-electron chi connectivity index (χ3n) is 4.37. The Morgan fingerprint density at radius 1 is 1.18 bits per heavy atom. The van der Waals surface area contributed by atoms with Crippen LogP contribution in [0.4, 0.5) is 28.7 Å². The van der Waals surface area contributed by atoms with Crippen molar-refractivity contribution in [2.75, 3.05) is 30.1 Å². The van der Waals surface area contributed by atoms with E-state index >= 15 is 0 Å². The van der Waals surface area contributed by atoms with Crippen molar-refractivity contribution in [3.05, 3.63) is 64.9 Å². The van der Waals surface area contributed by atoms with Crippen LogP contribution in [0, 0.1) is 6.92 Å². The first-order chi connectivity index (χ1) is 13.4. The zero-order valence-electron chi connectivity index (χ0n) is 15.7. The summed E-state index contributed by atoms with van der Waals surface area (Å²) in [6, 6.07) is 12.6. The number of aromatic nitrogens is 2. The van der Waals surface area contributed by atoms with Gasteiger partial charge in [0.25, 0.3) is 0 Å². The molecular weight excluding hydrogens is 378 g/mol. The van der Waals surface area contributed by atoms with Gasteiger partial charge in [-0.2, -0.15) is 0 Å². The minimum Gasteiger partial charge on any atom is -0.465 e. The second-order valence-corrected chi connectivity index (χ2v) is 6.47. The topological polar surface area (TPSA) is 93.4 Å². The Labute approximate surface area is 168 Å². The van der Waals surface area contributed by atoms with Crippen LogP contribution in [0.15, 0.2) is 48.8 Å². The van der Waals surface area contributed by atoms with Gasteiger partial charge in [-0.05, 0) is 36.8 Å². The monoisotopic (exact) mass is 397 g/mol. The summed E-state index contributed by atoms with van der Waals surface area (Å²) in [6.07, 6.45) is 1.41. The summed E-state index contributed by atoms with van der Waals surface area (Å²) in [5.41, 5.74) is 9.37. The molecule has 7 nitrogen and oxygen atoms in total. The highest BCUT2D eigenvalue weighted by atomic mass is 35.5. The number of nitrogens with two attached hydrogens (primary N) is 1. The molecule has 0 atom stereocenters. The number of carbonyl (C=O) groups excluding carboxylic acids is 1. The Balaban J connectivity index is 2.00. The van der Waals surface area contributed by atoms with Gasteiger partial charge in [0.05, 0.1) is 18.4 Å². The maximum Gasteiger partial charge on any atom is 0.339 e. The van der Waals surface area contributed by atoms with E-state index in [1.54, 1.807) is 30.1 Å². The number of hydrogen-bond donors (Lipinski definition) is 2. The van der Waals surface area contributed by atoms with Crippen LogP contribution in [0.25, 0.3) is 0 Å². The van der Waals surface area contributed by atoms with Gasteiger partial charge in [0, 0.05) is 17.8 Å². The van der Waals surface area contributed by atoms with Crippen molar-refractivity contribution >= 4 is 46.3 Å². The molecule has 3 N–H and O–H groups in total. The molecule has 3 rings (SSSR count). The smallest absolute Gasteiger partial charge is 0.339 e. The fourth-order valence-corrected chi connectivity index (χ4v) is 2.96. The number of nitrogens with one attached hydrogen (secondary N) is 1. The molecule has 1 aromatic heterocycles. The van der Waals surface area contributed by atoms with E-state index in [0.29, 0.717) is 33.6 Å². The van der Waals surface area contributed by atoms with E-state index in [2.05, 4.69) is 15.3 Å². The van der Waals surface area contributed by atoms with Crippen LogP contribution >= 0.6 is 11.6 Å². The van der Waals surface area contributed by atoms with Crippen LogP contribution in [0.2, 0.25) is 5.02 Å². The predicted molar refractivity (Wildman–Crippen MR) is 112 cm³/mol. The number of para-hydroxylation sites is 1. The Morgan fingerprint density at radius 2 is 1.93 bits per heavy atom. The van der Waals surface area contributed by atoms with E-state index in [1.165, 1.54) is 13.4 Å². The molecule has 3 aromatic rings. The summed E-state index contributed by atoms with van der Waals surface area (Å²) in [6.45, 7) is 1.90. The molecule has 0 unspecified atom stereocenters. The number of ether oxygens (including phenoxy) is 1. The summed E-state index contributed by atoms with van der Waals surface area (Å²) < 4.78 is 4.87. The zero-order valence-corrected chi connectivity index (χ0v) is 16.5. The largest absolute Gasteiger partial charge is 0.465 e. The third-order valence-corrected chi connectivity index (χ3v) is 4.78. The molecule has 8 heteroatoms. The van der Waals surface area contributed by atoms with E-state index in [9.17, 15) is 4.79 Å². The highest BCUT2D eigenvalue weighted by Gasteiger charge is 2.19. The summed E-state index contributed by atoms with van der Waals surface area (Å²) in [4.78, 5) is 22.4. The quantitative estimate of drug-likeness (QED) is 0.619. The van der Waals surface area contributed by atoms with Crippen LogP contribution in [0.5, 0.6) is 0 Å². The molecule has 2 aromatic carbocycles. The average Bonchev–Trinajstić information content (AvgIpc) is 2.71. The van der Waals surface area contributed by atoms with Gasteiger partial charge in [-0.1, -0.05) is 29.8 Å². The molecule has 0 fully saturated rings. The Bertz CT molecular complexity index is 1030. The molecular formula is C20H20ClN5O2. The van der Waals surface area contributed by atoms with Gasteiger partial charge in [-0.25, -0.2) is 14.8 Å². The van der Waals surface area contributed by atoms with Crippen LogP contribution < -0.4 is 16.0 Å². The molecule has 1 heterocycles. The number of esters is 1. The fourth-order valence-electron chi connectivity index (χ4n) is 2.79. The number of halogens is 1. The number of carbonyl (C=O) groups is 1. The second-order valence-electron chi connectivity index (χ2n) is 6.06. The van der Waals surface area contributed by atoms with Crippen LogP contribution in [-0.4, -0.2) is 30.1 Å². The molecule has 28 heavy (non-hydrogen) atoms. The number of hydrogen-bond acceptors (Lipinski definition) is 7. The summed E-state index contributed by atoms with van der Waals surface area (Å²) in [7, 11) is 3.11. The predicted octanol–water partition coefficient (Wildman–Crippen LogP) is 4.32. The number of nitrogens with zero attached hydrogens (tertiary/aromatic N) is 3. The maximum absolute atomic E-state index is 12.1. The first-order valence-corrected chi connectivity index (χ1v) is 8.85. The van der Waals surface area contributed by atoms with E-state index in [4.69, 9.17) is 22.1 Å². The Kier molecular flexibility index (Phi) is 5.65. The summed E-state index contributed by atoms with van der Waals surface area (Å²) in [5, 5.41) is 3.84. The number of methoxy groups -OCH3 is 1. The Hall–Kier alpha value is -3.32. The van der Waals surface area contributed by atoms with Crippen molar-refractivity contribution in [1.82, 2.24) is 9.97 Å². The molecule has 0 amide bonds. The standard InChI is InChI=1S/C20H20ClN5O2/c1-12-14(21)8-6-9-15(12)25-18-17(22)19(24-11-23-18)26(2)16-10-5-4-7-13(16)20(27)28-3/h4-11H,22H2,1-3H3,(H,23,24,25). The molecule has 0 bridgehead atoms. The highest BCUT2D eigenvalue weighted by Crippen LogP contribution is 2.34. The normalized spacial score (nSPS) is 10.4. The van der Waals surface area contributed by atoms with Gasteiger partial charge in [-0.15, -0.1) is 0 Å². The number of nitrogen functional groups attached to an aromatic ring is 1. The van der Waals surface area contributed by atoms with Crippen LogP contribution in [0.1, 0.15) is 15.9 Å². The lowest BCUT2D eigenvalue weighted by Crippen LogP contribution is -2.18. The molecule has 144 valence electrons. The van der Waals surface area contributed by atoms with Gasteiger partial charge in [0.15, 0.2) is 11.6 Å². The van der Waals surface area contributed by atoms with Gasteiger partial charge in [0.1, 0.15) is 12.0 Å².